The van der Waals surface area contributed by atoms with Crippen LogP contribution in [0.1, 0.15) is 30.9 Å². The van der Waals surface area contributed by atoms with Crippen LogP contribution in [-0.4, -0.2) is 66.0 Å². The van der Waals surface area contributed by atoms with Gasteiger partial charge in [0.25, 0.3) is 5.91 Å². The molecule has 2 fully saturated rings. The van der Waals surface area contributed by atoms with Gasteiger partial charge in [0.1, 0.15) is 12.1 Å². The first-order valence-electron chi connectivity index (χ1n) is 14.3. The van der Waals surface area contributed by atoms with Crippen LogP contribution < -0.4 is 15.5 Å². The Labute approximate surface area is 256 Å². The molecule has 5 rings (SSSR count). The quantitative estimate of drug-likeness (QED) is 0.350. The predicted octanol–water partition coefficient (Wildman–Crippen LogP) is 5.59. The first kappa shape index (κ1) is 29.7. The molecule has 42 heavy (non-hydrogen) atoms. The fourth-order valence-electron chi connectivity index (χ4n) is 5.72. The maximum Gasteiger partial charge on any atom is 0.321 e. The van der Waals surface area contributed by atoms with Crippen LogP contribution in [0.5, 0.6) is 0 Å². The number of hydrogen-bond acceptors (Lipinski definition) is 4. The molecule has 220 valence electrons. The number of anilines is 2. The lowest BCUT2D eigenvalue weighted by molar-refractivity contribution is -0.137. The summed E-state index contributed by atoms with van der Waals surface area (Å²) in [7, 11) is 0. The van der Waals surface area contributed by atoms with E-state index in [4.69, 9.17) is 23.2 Å². The number of urea groups is 1. The number of halogens is 2. The Balaban J connectivity index is 1.22. The van der Waals surface area contributed by atoms with Crippen LogP contribution >= 0.6 is 23.2 Å². The molecule has 0 aliphatic carbocycles. The van der Waals surface area contributed by atoms with Crippen LogP contribution in [0.3, 0.4) is 0 Å². The number of aryl methyl sites for hydroxylation is 1. The summed E-state index contributed by atoms with van der Waals surface area (Å²) in [4.78, 5) is 45.4. The van der Waals surface area contributed by atoms with Crippen molar-refractivity contribution in [1.29, 1.82) is 0 Å². The van der Waals surface area contributed by atoms with Gasteiger partial charge >= 0.3 is 6.03 Å². The molecular weight excluding hydrogens is 573 g/mol. The van der Waals surface area contributed by atoms with Gasteiger partial charge in [-0.2, -0.15) is 0 Å². The monoisotopic (exact) mass is 607 g/mol. The zero-order chi connectivity index (χ0) is 29.7. The number of likely N-dealkylation sites (tertiary alicyclic amines) is 1. The Morgan fingerprint density at radius 3 is 2.33 bits per heavy atom. The van der Waals surface area contributed by atoms with E-state index in [9.17, 15) is 14.4 Å². The van der Waals surface area contributed by atoms with Crippen molar-refractivity contribution in [3.8, 4) is 0 Å². The average molecular weight is 609 g/mol. The minimum Gasteiger partial charge on any atom is -0.354 e. The van der Waals surface area contributed by atoms with Crippen molar-refractivity contribution in [2.24, 2.45) is 0 Å². The Morgan fingerprint density at radius 1 is 0.952 bits per heavy atom. The molecular formula is C32H35Cl2N5O3. The number of benzene rings is 3. The number of piperidine rings is 1. The Bertz CT molecular complexity index is 1430. The van der Waals surface area contributed by atoms with E-state index in [2.05, 4.69) is 22.5 Å². The van der Waals surface area contributed by atoms with E-state index in [1.54, 1.807) is 21.9 Å². The number of amides is 4. The molecule has 0 atom stereocenters. The van der Waals surface area contributed by atoms with Crippen LogP contribution in [0, 0.1) is 0 Å². The van der Waals surface area contributed by atoms with E-state index in [0.29, 0.717) is 55.6 Å². The number of nitrogens with zero attached hydrogens (tertiary/aromatic N) is 3. The summed E-state index contributed by atoms with van der Waals surface area (Å²) in [5.41, 5.74) is 2.94. The van der Waals surface area contributed by atoms with Gasteiger partial charge in [-0.3, -0.25) is 9.59 Å². The number of carbonyl (C=O) groups excluding carboxylic acids is 3. The second kappa shape index (κ2) is 13.0. The third-order valence-corrected chi connectivity index (χ3v) is 8.73. The maximum atomic E-state index is 14.0. The molecule has 10 heteroatoms. The van der Waals surface area contributed by atoms with Crippen molar-refractivity contribution in [3.63, 3.8) is 0 Å². The zero-order valence-corrected chi connectivity index (χ0v) is 25.1. The highest BCUT2D eigenvalue weighted by Gasteiger charge is 2.54. The first-order valence-corrected chi connectivity index (χ1v) is 15.0. The van der Waals surface area contributed by atoms with Gasteiger partial charge < -0.3 is 25.3 Å². The molecule has 2 aliphatic heterocycles. The van der Waals surface area contributed by atoms with Gasteiger partial charge in [-0.1, -0.05) is 66.5 Å². The van der Waals surface area contributed by atoms with Crippen LogP contribution in [-0.2, 0) is 22.4 Å². The summed E-state index contributed by atoms with van der Waals surface area (Å²) in [6, 6.07) is 22.7. The van der Waals surface area contributed by atoms with Crippen molar-refractivity contribution < 1.29 is 14.4 Å². The fraction of sp³-hybridized carbons (Fsp3) is 0.344. The van der Waals surface area contributed by atoms with Crippen molar-refractivity contribution in [3.05, 3.63) is 94.0 Å². The minimum atomic E-state index is -0.821. The van der Waals surface area contributed by atoms with Gasteiger partial charge in [-0.05, 0) is 73.2 Å². The molecule has 0 aromatic heterocycles. The van der Waals surface area contributed by atoms with E-state index >= 15 is 0 Å². The van der Waals surface area contributed by atoms with E-state index in [0.717, 1.165) is 23.4 Å². The summed E-state index contributed by atoms with van der Waals surface area (Å²) >= 11 is 12.2. The highest BCUT2D eigenvalue weighted by molar-refractivity contribution is 6.35. The van der Waals surface area contributed by atoms with E-state index in [1.165, 1.54) is 5.56 Å². The molecule has 2 aliphatic rings. The normalized spacial score (nSPS) is 16.2. The van der Waals surface area contributed by atoms with Crippen LogP contribution in [0.15, 0.2) is 72.8 Å². The average Bonchev–Trinajstić information content (AvgIpc) is 3.25. The summed E-state index contributed by atoms with van der Waals surface area (Å²) < 4.78 is 0. The molecule has 2 heterocycles. The Hall–Kier alpha value is -3.75. The van der Waals surface area contributed by atoms with Crippen molar-refractivity contribution in [2.45, 2.75) is 38.1 Å². The predicted molar refractivity (Wildman–Crippen MR) is 167 cm³/mol. The van der Waals surface area contributed by atoms with E-state index < -0.39 is 5.54 Å². The molecule has 8 nitrogen and oxygen atoms in total. The molecule has 0 bridgehead atoms. The van der Waals surface area contributed by atoms with Gasteiger partial charge in [0, 0.05) is 41.1 Å². The Morgan fingerprint density at radius 2 is 1.67 bits per heavy atom. The molecule has 2 N–H and O–H groups in total. The van der Waals surface area contributed by atoms with Gasteiger partial charge in [-0.25, -0.2) is 4.79 Å². The van der Waals surface area contributed by atoms with Crippen LogP contribution in [0.25, 0.3) is 0 Å². The fourth-order valence-corrected chi connectivity index (χ4v) is 6.22. The number of rotatable bonds is 8. The third kappa shape index (κ3) is 6.50. The highest BCUT2D eigenvalue weighted by atomic mass is 35.5. The van der Waals surface area contributed by atoms with Gasteiger partial charge in [0.15, 0.2) is 0 Å². The van der Waals surface area contributed by atoms with Gasteiger partial charge in [0.05, 0.1) is 6.67 Å². The molecule has 2 saturated heterocycles. The largest absolute Gasteiger partial charge is 0.354 e. The van der Waals surface area contributed by atoms with Crippen LogP contribution in [0.2, 0.25) is 10.0 Å². The van der Waals surface area contributed by atoms with Crippen molar-refractivity contribution in [1.82, 2.24) is 15.1 Å². The second-order valence-corrected chi connectivity index (χ2v) is 11.6. The zero-order valence-electron chi connectivity index (χ0n) is 23.6. The maximum absolute atomic E-state index is 14.0. The lowest BCUT2D eigenvalue weighted by Gasteiger charge is -2.43. The number of para-hydroxylation sites is 1. The number of hydrogen-bond donors (Lipinski definition) is 2. The molecule has 0 saturated carbocycles. The number of nitrogens with one attached hydrogen (secondary N) is 2. The summed E-state index contributed by atoms with van der Waals surface area (Å²) in [6.45, 7) is 3.59. The topological polar surface area (TPSA) is 85.0 Å². The van der Waals surface area contributed by atoms with Crippen LogP contribution in [0.4, 0.5) is 16.2 Å². The van der Waals surface area contributed by atoms with Gasteiger partial charge in [-0.15, -0.1) is 0 Å². The van der Waals surface area contributed by atoms with E-state index in [1.807, 2.05) is 60.7 Å². The molecule has 1 spiro atoms. The lowest BCUT2D eigenvalue weighted by Crippen LogP contribution is -2.58. The first-order chi connectivity index (χ1) is 20.3. The molecule has 0 unspecified atom stereocenters. The SMILES string of the molecule is CCc1ccc(NC(=O)N2CCC3(CC2)C(=O)N(CC(=O)NCCc2ccc(Cl)cc2Cl)CN3c2ccccc2)cc1. The van der Waals surface area contributed by atoms with Crippen molar-refractivity contribution >= 4 is 52.4 Å². The standard InChI is InChI=1S/C32H35Cl2N5O3/c1-2-23-8-12-26(13-9-23)36-31(42)37-18-15-32(16-19-37)30(41)38(22-39(32)27-6-4-3-5-7-27)21-29(40)35-17-14-24-10-11-25(33)20-28(24)34/h3-13,20H,2,14-19,21-22H2,1H3,(H,35,40)(H,36,42). The summed E-state index contributed by atoms with van der Waals surface area (Å²) in [5.74, 6) is -0.318. The number of carbonyl (C=O) groups is 3. The van der Waals surface area contributed by atoms with Crippen molar-refractivity contribution in [2.75, 3.05) is 43.1 Å². The summed E-state index contributed by atoms with van der Waals surface area (Å²) in [5, 5.41) is 7.01. The molecule has 3 aromatic carbocycles. The molecule has 3 aromatic rings. The highest BCUT2D eigenvalue weighted by Crippen LogP contribution is 2.39. The summed E-state index contributed by atoms with van der Waals surface area (Å²) in [6.07, 6.45) is 2.42. The third-order valence-electron chi connectivity index (χ3n) is 8.14. The van der Waals surface area contributed by atoms with Gasteiger partial charge in [0.2, 0.25) is 5.91 Å². The Kier molecular flexibility index (Phi) is 9.24. The van der Waals surface area contributed by atoms with E-state index in [-0.39, 0.29) is 24.4 Å². The molecule has 0 radical (unpaired) electrons. The smallest absolute Gasteiger partial charge is 0.321 e. The second-order valence-electron chi connectivity index (χ2n) is 10.7. The minimum absolute atomic E-state index is 0.0454. The molecule has 4 amide bonds. The lowest BCUT2D eigenvalue weighted by atomic mass is 9.85.